The second-order valence-corrected chi connectivity index (χ2v) is 10.0. The van der Waals surface area contributed by atoms with Crippen molar-refractivity contribution in [3.05, 3.63) is 39.7 Å². The molecule has 0 radical (unpaired) electrons. The lowest BCUT2D eigenvalue weighted by Crippen LogP contribution is -2.58. The molecule has 3 aliphatic rings. The van der Waals surface area contributed by atoms with Gasteiger partial charge < -0.3 is 37.2 Å². The van der Waals surface area contributed by atoms with E-state index in [-0.39, 0.29) is 61.2 Å². The van der Waals surface area contributed by atoms with Crippen molar-refractivity contribution in [1.29, 1.82) is 0 Å². The van der Waals surface area contributed by atoms with E-state index < -0.39 is 82.8 Å². The van der Waals surface area contributed by atoms with Gasteiger partial charge in [-0.15, -0.1) is 0 Å². The number of alkyl halides is 3. The molecule has 1 fully saturated rings. The Bertz CT molecular complexity index is 1310. The van der Waals surface area contributed by atoms with E-state index in [1.54, 1.807) is 6.92 Å². The van der Waals surface area contributed by atoms with Crippen molar-refractivity contribution in [3.8, 4) is 5.75 Å². The number of carbonyl (C=O) groups excluding carboxylic acids is 3. The van der Waals surface area contributed by atoms with E-state index in [1.165, 1.54) is 6.07 Å². The molecule has 0 heterocycles. The molecule has 4 rings (SSSR count). The van der Waals surface area contributed by atoms with Crippen LogP contribution in [0.4, 0.5) is 18.9 Å². The van der Waals surface area contributed by atoms with Crippen LogP contribution in [-0.4, -0.2) is 55.7 Å². The van der Waals surface area contributed by atoms with Gasteiger partial charge in [-0.25, -0.2) is 0 Å². The predicted octanol–water partition coefficient (Wildman–Crippen LogP) is 3.49. The number of hydrogen-bond acceptors (Lipinski definition) is 9. The fourth-order valence-electron chi connectivity index (χ4n) is 5.81. The monoisotopic (exact) mass is 585 g/mol. The van der Waals surface area contributed by atoms with Crippen LogP contribution in [0, 0.1) is 11.8 Å². The first-order valence-corrected chi connectivity index (χ1v) is 13.0. The zero-order chi connectivity index (χ0) is 30.3. The smallest absolute Gasteiger partial charge is 0.390 e. The van der Waals surface area contributed by atoms with Crippen molar-refractivity contribution in [1.82, 2.24) is 5.32 Å². The SMILES string of the molecule is C.CC.CCC(CC(F)(F)F)NCc1cc(N)c2c(c1O)C(O)=C1C(=O)[C@]3(O)C(O)=C(C(N)=O)C(=O)C[C@@H]3CC1C2. The Morgan fingerprint density at radius 3 is 2.34 bits per heavy atom. The van der Waals surface area contributed by atoms with Crippen LogP contribution in [0.25, 0.3) is 5.76 Å². The van der Waals surface area contributed by atoms with Crippen molar-refractivity contribution >= 4 is 28.9 Å². The van der Waals surface area contributed by atoms with Crippen LogP contribution in [-0.2, 0) is 27.3 Å². The third-order valence-electron chi connectivity index (χ3n) is 7.73. The number of halogens is 3. The van der Waals surface area contributed by atoms with E-state index in [2.05, 4.69) is 5.32 Å². The minimum atomic E-state index is -4.40. The number of hydrogen-bond donors (Lipinski definition) is 7. The number of phenolic OH excluding ortho intramolecular Hbond substituents is 1. The summed E-state index contributed by atoms with van der Waals surface area (Å²) in [6, 6.07) is 0.427. The van der Waals surface area contributed by atoms with E-state index in [0.717, 1.165) is 0 Å². The lowest BCUT2D eigenvalue weighted by molar-refractivity contribution is -0.147. The zero-order valence-electron chi connectivity index (χ0n) is 22.4. The summed E-state index contributed by atoms with van der Waals surface area (Å²) in [5.41, 5.74) is 7.71. The summed E-state index contributed by atoms with van der Waals surface area (Å²) in [4.78, 5) is 37.6. The molecule has 228 valence electrons. The number of rotatable bonds is 6. The minimum absolute atomic E-state index is 0. The number of nitrogens with two attached hydrogens (primary N) is 2. The highest BCUT2D eigenvalue weighted by Gasteiger charge is 2.60. The van der Waals surface area contributed by atoms with Gasteiger partial charge in [-0.3, -0.25) is 14.4 Å². The number of phenols is 1. The molecule has 1 saturated carbocycles. The number of aliphatic hydroxyl groups is 3. The summed E-state index contributed by atoms with van der Waals surface area (Å²) >= 11 is 0. The normalized spacial score (nSPS) is 24.4. The van der Waals surface area contributed by atoms with Crippen molar-refractivity contribution < 1.29 is 48.0 Å². The molecule has 0 spiro atoms. The van der Waals surface area contributed by atoms with Gasteiger partial charge in [0, 0.05) is 41.7 Å². The van der Waals surface area contributed by atoms with Crippen molar-refractivity contribution in [2.24, 2.45) is 17.6 Å². The number of primary amides is 1. The number of fused-ring (bicyclic) bond motifs is 3. The highest BCUT2D eigenvalue weighted by molar-refractivity contribution is 6.22. The van der Waals surface area contributed by atoms with Gasteiger partial charge in [0.05, 0.1) is 12.0 Å². The van der Waals surface area contributed by atoms with Crippen LogP contribution in [0.2, 0.25) is 0 Å². The molecule has 10 nitrogen and oxygen atoms in total. The Kier molecular flexibility index (Phi) is 9.93. The van der Waals surface area contributed by atoms with Gasteiger partial charge in [0.2, 0.25) is 5.78 Å². The van der Waals surface area contributed by atoms with E-state index in [1.807, 2.05) is 13.8 Å². The number of Topliss-reactive ketones (excluding diaryl/α,β-unsaturated/α-hetero) is 2. The molecule has 41 heavy (non-hydrogen) atoms. The molecule has 0 saturated heterocycles. The number of carbonyl (C=O) groups is 3. The predicted molar refractivity (Wildman–Crippen MR) is 145 cm³/mol. The standard InChI is InChI=1S/C25H28F3N3O7.C2H6.CH4/c1-2-12(7-24(26,27)28)31-8-10-5-14(29)13-4-9-3-11-6-15(32)18(23(30)37)22(36)25(11,38)21(35)16(9)20(34)17(13)19(10)33;1-2;/h5,9,11-12,31,33-34,36,38H,2-4,6-8,29H2,1H3,(H2,30,37);1-2H3;1H4/t9?,11-,12?,25-;;/m0../s1. The zero-order valence-corrected chi connectivity index (χ0v) is 22.4. The first-order valence-electron chi connectivity index (χ1n) is 13.0. The Balaban J connectivity index is 0.00000192. The van der Waals surface area contributed by atoms with Crippen LogP contribution in [0.15, 0.2) is 23.0 Å². The Labute approximate surface area is 235 Å². The average molecular weight is 586 g/mol. The maximum absolute atomic E-state index is 13.5. The van der Waals surface area contributed by atoms with Gasteiger partial charge in [0.15, 0.2) is 11.4 Å². The molecule has 1 aromatic carbocycles. The number of nitrogens with one attached hydrogen (secondary N) is 1. The van der Waals surface area contributed by atoms with E-state index in [0.29, 0.717) is 0 Å². The van der Waals surface area contributed by atoms with E-state index >= 15 is 0 Å². The lowest BCUT2D eigenvalue weighted by atomic mass is 9.59. The molecule has 1 aromatic rings. The lowest BCUT2D eigenvalue weighted by Gasteiger charge is -2.46. The Morgan fingerprint density at radius 2 is 1.80 bits per heavy atom. The number of anilines is 1. The molecule has 9 N–H and O–H groups in total. The summed E-state index contributed by atoms with van der Waals surface area (Å²) in [7, 11) is 0. The molecule has 1 amide bonds. The largest absolute Gasteiger partial charge is 0.508 e. The van der Waals surface area contributed by atoms with Gasteiger partial charge in [0.1, 0.15) is 22.8 Å². The van der Waals surface area contributed by atoms with Gasteiger partial charge >= 0.3 is 6.18 Å². The Morgan fingerprint density at radius 1 is 1.20 bits per heavy atom. The molecule has 3 aliphatic carbocycles. The van der Waals surface area contributed by atoms with Crippen molar-refractivity contribution in [3.63, 3.8) is 0 Å². The molecule has 2 unspecified atom stereocenters. The quantitative estimate of drug-likeness (QED) is 0.148. The summed E-state index contributed by atoms with van der Waals surface area (Å²) in [5, 5.41) is 46.7. The number of amides is 1. The van der Waals surface area contributed by atoms with Gasteiger partial charge in [-0.2, -0.15) is 13.2 Å². The maximum Gasteiger partial charge on any atom is 0.390 e. The third kappa shape index (κ3) is 5.78. The summed E-state index contributed by atoms with van der Waals surface area (Å²) < 4.78 is 38.5. The highest BCUT2D eigenvalue weighted by Crippen LogP contribution is 2.53. The summed E-state index contributed by atoms with van der Waals surface area (Å²) in [5.74, 6) is -7.54. The van der Waals surface area contributed by atoms with Gasteiger partial charge in [0.25, 0.3) is 5.91 Å². The van der Waals surface area contributed by atoms with Crippen LogP contribution < -0.4 is 16.8 Å². The second-order valence-electron chi connectivity index (χ2n) is 10.0. The number of nitrogen functional groups attached to an aromatic ring is 1. The summed E-state index contributed by atoms with van der Waals surface area (Å²) in [6.07, 6.45) is -5.79. The molecular formula is C28H38F3N3O7. The number of ketones is 2. The van der Waals surface area contributed by atoms with Gasteiger partial charge in [-0.1, -0.05) is 28.2 Å². The topological polar surface area (TPSA) is 196 Å². The first-order chi connectivity index (χ1) is 18.6. The fraction of sp³-hybridized carbons (Fsp3) is 0.536. The van der Waals surface area contributed by atoms with Crippen molar-refractivity contribution in [2.75, 3.05) is 5.73 Å². The minimum Gasteiger partial charge on any atom is -0.508 e. The van der Waals surface area contributed by atoms with Crippen LogP contribution in [0.5, 0.6) is 5.75 Å². The molecular weight excluding hydrogens is 547 g/mol. The first kappa shape index (κ1) is 33.6. The van der Waals surface area contributed by atoms with Crippen molar-refractivity contribution in [2.45, 2.75) is 84.7 Å². The van der Waals surface area contributed by atoms with Gasteiger partial charge in [-0.05, 0) is 36.8 Å². The molecule has 0 bridgehead atoms. The average Bonchev–Trinajstić information content (AvgIpc) is 2.86. The Hall–Kier alpha value is -3.58. The maximum atomic E-state index is 13.5. The molecule has 0 aliphatic heterocycles. The number of aromatic hydroxyl groups is 1. The highest BCUT2D eigenvalue weighted by atomic mass is 19.4. The van der Waals surface area contributed by atoms with E-state index in [9.17, 15) is 48.0 Å². The second kappa shape index (κ2) is 12.1. The third-order valence-corrected chi connectivity index (χ3v) is 7.73. The van der Waals surface area contributed by atoms with E-state index in [4.69, 9.17) is 11.5 Å². The summed E-state index contributed by atoms with van der Waals surface area (Å²) in [6.45, 7) is 5.34. The number of aliphatic hydroxyl groups excluding tert-OH is 2. The molecule has 0 aromatic heterocycles. The molecule has 13 heteroatoms. The number of benzene rings is 1. The van der Waals surface area contributed by atoms with Crippen LogP contribution in [0.1, 0.15) is 70.6 Å². The van der Waals surface area contributed by atoms with Crippen LogP contribution >= 0.6 is 0 Å². The fourth-order valence-corrected chi connectivity index (χ4v) is 5.81. The van der Waals surface area contributed by atoms with Crippen LogP contribution in [0.3, 0.4) is 0 Å². The molecule has 4 atom stereocenters.